The summed E-state index contributed by atoms with van der Waals surface area (Å²) < 4.78 is 66.3. The molecule has 1 amide bonds. The third-order valence-electron chi connectivity index (χ3n) is 5.04. The van der Waals surface area contributed by atoms with Gasteiger partial charge in [-0.1, -0.05) is 0 Å². The Kier molecular flexibility index (Phi) is 4.05. The first-order valence-electron chi connectivity index (χ1n) is 7.60. The fourth-order valence-electron chi connectivity index (χ4n) is 3.76. The second-order valence-electron chi connectivity index (χ2n) is 6.55. The first kappa shape index (κ1) is 18.3. The third-order valence-corrected chi connectivity index (χ3v) is 5.61. The Bertz CT molecular complexity index is 794. The molecule has 3 rings (SSSR count). The molecule has 138 valence electrons. The van der Waals surface area contributed by atoms with E-state index >= 15 is 0 Å². The van der Waals surface area contributed by atoms with Gasteiger partial charge in [-0.25, -0.2) is 0 Å². The zero-order valence-electron chi connectivity index (χ0n) is 13.0. The van der Waals surface area contributed by atoms with Crippen LogP contribution in [0.15, 0.2) is 15.3 Å². The number of aryl methyl sites for hydroxylation is 1. The van der Waals surface area contributed by atoms with Crippen LogP contribution in [0, 0.1) is 12.8 Å². The normalized spacial score (nSPS) is 26.7. The van der Waals surface area contributed by atoms with Crippen LogP contribution in [0.1, 0.15) is 41.7 Å². The number of hydrogen-bond acceptors (Lipinski definition) is 2. The summed E-state index contributed by atoms with van der Waals surface area (Å²) in [5.74, 6) is -7.19. The second-order valence-corrected chi connectivity index (χ2v) is 7.40. The number of nitrogens with zero attached hydrogens (tertiary/aromatic N) is 1. The number of fused-ring (bicyclic) bond motifs is 2. The zero-order valence-corrected chi connectivity index (χ0v) is 14.6. The summed E-state index contributed by atoms with van der Waals surface area (Å²) in [6.45, 7) is 1.62. The molecule has 1 spiro atoms. The molecule has 1 saturated carbocycles. The molecular formula is C15H14BrF5N2O2. The van der Waals surface area contributed by atoms with Crippen molar-refractivity contribution in [2.24, 2.45) is 5.92 Å². The van der Waals surface area contributed by atoms with Gasteiger partial charge in [0.05, 0.1) is 4.47 Å². The van der Waals surface area contributed by atoms with Gasteiger partial charge in [-0.3, -0.25) is 14.2 Å². The number of amides is 1. The Morgan fingerprint density at radius 2 is 1.76 bits per heavy atom. The molecule has 0 unspecified atom stereocenters. The molecule has 1 aromatic heterocycles. The molecule has 1 aliphatic heterocycles. The van der Waals surface area contributed by atoms with Gasteiger partial charge < -0.3 is 5.32 Å². The highest BCUT2D eigenvalue weighted by Crippen LogP contribution is 2.50. The summed E-state index contributed by atoms with van der Waals surface area (Å²) in [7, 11) is 0. The number of pyridine rings is 1. The molecule has 1 aliphatic carbocycles. The van der Waals surface area contributed by atoms with E-state index in [1.807, 2.05) is 0 Å². The summed E-state index contributed by atoms with van der Waals surface area (Å²) in [4.78, 5) is 24.7. The number of halogens is 6. The Balaban J connectivity index is 1.97. The minimum absolute atomic E-state index is 0.120. The predicted molar refractivity (Wildman–Crippen MR) is 81.5 cm³/mol. The summed E-state index contributed by atoms with van der Waals surface area (Å²) in [5.41, 5.74) is -1.13. The van der Waals surface area contributed by atoms with Crippen molar-refractivity contribution in [3.8, 4) is 0 Å². The number of rotatable bonds is 1. The smallest absolute Gasteiger partial charge is 0.327 e. The van der Waals surface area contributed by atoms with Crippen molar-refractivity contribution >= 4 is 21.8 Å². The predicted octanol–water partition coefficient (Wildman–Crippen LogP) is 3.70. The monoisotopic (exact) mass is 428 g/mol. The zero-order chi connectivity index (χ0) is 18.8. The van der Waals surface area contributed by atoms with Gasteiger partial charge >= 0.3 is 12.1 Å². The number of carbonyl (C=O) groups excluding carboxylic acids is 1. The van der Waals surface area contributed by atoms with Crippen molar-refractivity contribution in [1.29, 1.82) is 0 Å². The quantitative estimate of drug-likeness (QED) is 0.693. The van der Waals surface area contributed by atoms with E-state index in [1.54, 1.807) is 6.92 Å². The van der Waals surface area contributed by atoms with Gasteiger partial charge in [-0.05, 0) is 60.2 Å². The highest BCUT2D eigenvalue weighted by Gasteiger charge is 2.63. The number of hydrogen-bond donors (Lipinski definition) is 1. The van der Waals surface area contributed by atoms with Crippen molar-refractivity contribution in [1.82, 2.24) is 9.88 Å². The molecule has 0 bridgehead atoms. The van der Waals surface area contributed by atoms with Crippen LogP contribution in [0.5, 0.6) is 0 Å². The van der Waals surface area contributed by atoms with Crippen LogP contribution in [0.4, 0.5) is 22.0 Å². The van der Waals surface area contributed by atoms with Gasteiger partial charge in [-0.2, -0.15) is 22.0 Å². The van der Waals surface area contributed by atoms with Crippen molar-refractivity contribution in [3.63, 3.8) is 0 Å². The van der Waals surface area contributed by atoms with E-state index in [4.69, 9.17) is 0 Å². The van der Waals surface area contributed by atoms with E-state index in [2.05, 4.69) is 21.2 Å². The maximum Gasteiger partial charge on any atom is 0.453 e. The summed E-state index contributed by atoms with van der Waals surface area (Å²) >= 11 is 3.10. The second kappa shape index (κ2) is 5.52. The van der Waals surface area contributed by atoms with Crippen LogP contribution in [0.25, 0.3) is 0 Å². The lowest BCUT2D eigenvalue weighted by molar-refractivity contribution is -0.307. The third kappa shape index (κ3) is 2.60. The van der Waals surface area contributed by atoms with E-state index in [9.17, 15) is 31.5 Å². The lowest BCUT2D eigenvalue weighted by Gasteiger charge is -2.41. The first-order chi connectivity index (χ1) is 11.4. The molecule has 4 nitrogen and oxygen atoms in total. The van der Waals surface area contributed by atoms with Crippen molar-refractivity contribution in [2.45, 2.75) is 50.4 Å². The van der Waals surface area contributed by atoms with Crippen LogP contribution in [-0.4, -0.2) is 22.6 Å². The average Bonchev–Trinajstić information content (AvgIpc) is 2.77. The largest absolute Gasteiger partial charge is 0.453 e. The molecule has 0 saturated heterocycles. The number of alkyl halides is 5. The first-order valence-corrected chi connectivity index (χ1v) is 8.40. The maximum absolute atomic E-state index is 13.6. The Hall–Kier alpha value is -1.45. The van der Waals surface area contributed by atoms with Crippen LogP contribution in [0.2, 0.25) is 0 Å². The van der Waals surface area contributed by atoms with Gasteiger partial charge in [0.15, 0.2) is 0 Å². The van der Waals surface area contributed by atoms with Crippen LogP contribution < -0.4 is 10.9 Å². The molecular weight excluding hydrogens is 415 g/mol. The molecule has 1 N–H and O–H groups in total. The van der Waals surface area contributed by atoms with Gasteiger partial charge in [0.1, 0.15) is 11.4 Å². The molecule has 2 aliphatic rings. The topological polar surface area (TPSA) is 51.1 Å². The maximum atomic E-state index is 13.6. The lowest BCUT2D eigenvalue weighted by Crippen LogP contribution is -2.53. The van der Waals surface area contributed by atoms with E-state index in [-0.39, 0.29) is 23.0 Å². The molecule has 25 heavy (non-hydrogen) atoms. The SMILES string of the molecule is Cc1cc(Br)c(=O)n2c1C(=O)NC21CCC(C(F)(F)C(F)(F)F)CC1. The van der Waals surface area contributed by atoms with Crippen molar-refractivity contribution in [2.75, 3.05) is 0 Å². The summed E-state index contributed by atoms with van der Waals surface area (Å²) in [5, 5.41) is 2.63. The Labute approximate surface area is 147 Å². The lowest BCUT2D eigenvalue weighted by atomic mass is 9.78. The Morgan fingerprint density at radius 1 is 1.20 bits per heavy atom. The number of nitrogens with one attached hydrogen (secondary N) is 1. The molecule has 0 aromatic carbocycles. The van der Waals surface area contributed by atoms with Gasteiger partial charge in [0, 0.05) is 5.92 Å². The Morgan fingerprint density at radius 3 is 2.28 bits per heavy atom. The van der Waals surface area contributed by atoms with Gasteiger partial charge in [-0.15, -0.1) is 0 Å². The highest BCUT2D eigenvalue weighted by molar-refractivity contribution is 9.10. The molecule has 0 atom stereocenters. The van der Waals surface area contributed by atoms with Crippen LogP contribution in [-0.2, 0) is 5.66 Å². The summed E-state index contributed by atoms with van der Waals surface area (Å²) in [6, 6.07) is 1.48. The van der Waals surface area contributed by atoms with E-state index < -0.39 is 48.0 Å². The minimum Gasteiger partial charge on any atom is -0.327 e. The van der Waals surface area contributed by atoms with Gasteiger partial charge in [0.2, 0.25) is 0 Å². The van der Waals surface area contributed by atoms with Crippen LogP contribution in [0.3, 0.4) is 0 Å². The molecule has 1 aromatic rings. The van der Waals surface area contributed by atoms with Crippen molar-refractivity contribution in [3.05, 3.63) is 32.2 Å². The number of aromatic nitrogens is 1. The molecule has 10 heteroatoms. The standard InChI is InChI=1S/C15H14BrF5N2O2/c1-7-6-9(16)12(25)23-10(7)11(24)22-13(23)4-2-8(3-5-13)14(17,18)15(19,20)21/h6,8H,2-5H2,1H3,(H,22,24). The van der Waals surface area contributed by atoms with Crippen molar-refractivity contribution < 1.29 is 26.7 Å². The fraction of sp³-hybridized carbons (Fsp3) is 0.600. The van der Waals surface area contributed by atoms with E-state index in [0.29, 0.717) is 5.56 Å². The number of carbonyl (C=O) groups is 1. The molecule has 0 radical (unpaired) electrons. The van der Waals surface area contributed by atoms with E-state index in [1.165, 1.54) is 10.6 Å². The van der Waals surface area contributed by atoms with Gasteiger partial charge in [0.25, 0.3) is 11.5 Å². The molecule has 1 fully saturated rings. The minimum atomic E-state index is -5.62. The van der Waals surface area contributed by atoms with Crippen LogP contribution >= 0.6 is 15.9 Å². The van der Waals surface area contributed by atoms with E-state index in [0.717, 1.165) is 0 Å². The average molecular weight is 429 g/mol. The molecule has 2 heterocycles. The fourth-order valence-corrected chi connectivity index (χ4v) is 4.28. The summed E-state index contributed by atoms with van der Waals surface area (Å²) in [6.07, 6.45) is -6.86. The highest BCUT2D eigenvalue weighted by atomic mass is 79.9.